The van der Waals surface area contributed by atoms with Crippen molar-refractivity contribution in [1.82, 2.24) is 15.0 Å². The number of hydrogen-bond donors (Lipinski definition) is 1. The van der Waals surface area contributed by atoms with Gasteiger partial charge in [-0.25, -0.2) is 4.98 Å². The topological polar surface area (TPSA) is 77.1 Å². The van der Waals surface area contributed by atoms with Crippen LogP contribution in [0.3, 0.4) is 0 Å². The second-order valence-corrected chi connectivity index (χ2v) is 6.83. The summed E-state index contributed by atoms with van der Waals surface area (Å²) in [5.41, 5.74) is 4.16. The standard InChI is InChI=1S/C17H19N3O3S.Na/c1-10-8-18-15(11(2)16(10)23-4)9-24(21)17-19-13-6-5-12(22-3)7-14(13)20-17;/h5-8H,9H2,1-4H3,(H,19,20);/t24-;/m1./s1. The molecule has 0 saturated heterocycles. The molecule has 127 valence electrons. The molecule has 1 atom stereocenters. The van der Waals surface area contributed by atoms with Gasteiger partial charge >= 0.3 is 0 Å². The van der Waals surface area contributed by atoms with E-state index in [9.17, 15) is 4.21 Å². The second-order valence-electron chi connectivity index (χ2n) is 5.46. The van der Waals surface area contributed by atoms with E-state index in [0.29, 0.717) is 5.16 Å². The molecule has 0 aliphatic rings. The minimum absolute atomic E-state index is 0. The molecule has 2 aromatic heterocycles. The van der Waals surface area contributed by atoms with Gasteiger partial charge in [-0.05, 0) is 26.0 Å². The zero-order valence-corrected chi connectivity index (χ0v) is 17.9. The summed E-state index contributed by atoms with van der Waals surface area (Å²) >= 11 is 0. The van der Waals surface area contributed by atoms with Crippen LogP contribution < -0.4 is 9.47 Å². The number of aromatic nitrogens is 3. The zero-order chi connectivity index (χ0) is 17.3. The minimum atomic E-state index is -1.33. The number of hydrogen-bond acceptors (Lipinski definition) is 5. The van der Waals surface area contributed by atoms with Crippen LogP contribution in [-0.4, -0.2) is 62.9 Å². The molecular weight excluding hydrogens is 349 g/mol. The summed E-state index contributed by atoms with van der Waals surface area (Å²) in [4.78, 5) is 11.9. The van der Waals surface area contributed by atoms with Crippen LogP contribution in [0.2, 0.25) is 0 Å². The van der Waals surface area contributed by atoms with Crippen molar-refractivity contribution in [3.05, 3.63) is 41.2 Å². The molecule has 0 amide bonds. The van der Waals surface area contributed by atoms with Crippen molar-refractivity contribution in [3.8, 4) is 11.5 Å². The van der Waals surface area contributed by atoms with E-state index in [1.807, 2.05) is 32.0 Å². The van der Waals surface area contributed by atoms with Crippen molar-refractivity contribution >= 4 is 51.4 Å². The summed E-state index contributed by atoms with van der Waals surface area (Å²) in [7, 11) is 1.91. The molecule has 6 nitrogen and oxygen atoms in total. The maximum absolute atomic E-state index is 12.7. The Labute approximate surface area is 171 Å². The van der Waals surface area contributed by atoms with Crippen LogP contribution in [0, 0.1) is 13.8 Å². The Morgan fingerprint density at radius 2 is 1.96 bits per heavy atom. The van der Waals surface area contributed by atoms with Crippen molar-refractivity contribution in [2.24, 2.45) is 0 Å². The van der Waals surface area contributed by atoms with Crippen LogP contribution in [0.15, 0.2) is 29.6 Å². The first-order chi connectivity index (χ1) is 11.5. The predicted octanol–water partition coefficient (Wildman–Crippen LogP) is 2.52. The Hall–Kier alpha value is -1.41. The summed E-state index contributed by atoms with van der Waals surface area (Å²) in [5, 5.41) is 0.430. The van der Waals surface area contributed by atoms with Gasteiger partial charge < -0.3 is 14.5 Å². The third-order valence-corrected chi connectivity index (χ3v) is 5.06. The fraction of sp³-hybridized carbons (Fsp3) is 0.294. The third-order valence-electron chi connectivity index (χ3n) is 3.90. The van der Waals surface area contributed by atoms with E-state index in [2.05, 4.69) is 15.0 Å². The monoisotopic (exact) mass is 368 g/mol. The zero-order valence-electron chi connectivity index (χ0n) is 15.0. The van der Waals surface area contributed by atoms with E-state index < -0.39 is 10.8 Å². The number of H-pyrrole nitrogens is 1. The number of pyridine rings is 1. The summed E-state index contributed by atoms with van der Waals surface area (Å²) in [5.74, 6) is 1.79. The summed E-state index contributed by atoms with van der Waals surface area (Å²) in [6, 6.07) is 5.50. The fourth-order valence-corrected chi connectivity index (χ4v) is 3.71. The molecule has 0 aliphatic carbocycles. The van der Waals surface area contributed by atoms with Gasteiger partial charge in [-0.15, -0.1) is 0 Å². The molecule has 0 unspecified atom stereocenters. The average molecular weight is 368 g/mol. The number of imidazole rings is 1. The first-order valence-corrected chi connectivity index (χ1v) is 8.76. The van der Waals surface area contributed by atoms with Gasteiger partial charge in [-0.1, -0.05) is 0 Å². The van der Waals surface area contributed by atoms with E-state index in [-0.39, 0.29) is 35.3 Å². The largest absolute Gasteiger partial charge is 0.497 e. The molecular formula is C17H19N3NaO3S. The second kappa shape index (κ2) is 8.31. The summed E-state index contributed by atoms with van der Waals surface area (Å²) in [6.45, 7) is 3.86. The smallest absolute Gasteiger partial charge is 0.197 e. The van der Waals surface area contributed by atoms with Crippen LogP contribution in [0.1, 0.15) is 16.8 Å². The quantitative estimate of drug-likeness (QED) is 0.700. The Balaban J connectivity index is 0.00000225. The number of benzene rings is 1. The molecule has 1 aromatic carbocycles. The Bertz CT molecular complexity index is 927. The molecule has 0 aliphatic heterocycles. The Morgan fingerprint density at radius 1 is 1.20 bits per heavy atom. The SMILES string of the molecule is COc1ccc2nc([S@](=O)Cc3ncc(C)c(OC)c3C)[nH]c2c1.[Na]. The third kappa shape index (κ3) is 4.06. The number of fused-ring (bicyclic) bond motifs is 1. The molecule has 3 rings (SSSR count). The van der Waals surface area contributed by atoms with Crippen LogP contribution in [0.4, 0.5) is 0 Å². The van der Waals surface area contributed by atoms with Crippen molar-refractivity contribution < 1.29 is 13.7 Å². The fourth-order valence-electron chi connectivity index (χ4n) is 2.61. The Kier molecular flexibility index (Phi) is 6.62. The van der Waals surface area contributed by atoms with E-state index in [0.717, 1.165) is 39.4 Å². The van der Waals surface area contributed by atoms with Gasteiger partial charge in [0.2, 0.25) is 0 Å². The van der Waals surface area contributed by atoms with Crippen LogP contribution in [0.5, 0.6) is 11.5 Å². The molecule has 25 heavy (non-hydrogen) atoms. The van der Waals surface area contributed by atoms with Gasteiger partial charge in [0.15, 0.2) is 5.16 Å². The number of aryl methyl sites for hydroxylation is 1. The molecule has 1 N–H and O–H groups in total. The normalized spacial score (nSPS) is 11.8. The van der Waals surface area contributed by atoms with Crippen LogP contribution >= 0.6 is 0 Å². The summed E-state index contributed by atoms with van der Waals surface area (Å²) in [6.07, 6.45) is 1.74. The maximum atomic E-state index is 12.7. The molecule has 0 fully saturated rings. The van der Waals surface area contributed by atoms with E-state index in [4.69, 9.17) is 9.47 Å². The van der Waals surface area contributed by atoms with Gasteiger partial charge in [0.1, 0.15) is 11.5 Å². The van der Waals surface area contributed by atoms with Crippen molar-refractivity contribution in [3.63, 3.8) is 0 Å². The number of methoxy groups -OCH3 is 2. The van der Waals surface area contributed by atoms with Gasteiger partial charge in [-0.2, -0.15) is 0 Å². The predicted molar refractivity (Wildman–Crippen MR) is 98.8 cm³/mol. The van der Waals surface area contributed by atoms with Gasteiger partial charge in [-0.3, -0.25) is 9.19 Å². The molecule has 8 heteroatoms. The number of ether oxygens (including phenoxy) is 2. The molecule has 0 spiro atoms. The first-order valence-electron chi connectivity index (χ1n) is 7.44. The van der Waals surface area contributed by atoms with Crippen molar-refractivity contribution in [2.45, 2.75) is 24.8 Å². The maximum Gasteiger partial charge on any atom is 0.197 e. The van der Waals surface area contributed by atoms with Crippen LogP contribution in [0.25, 0.3) is 11.0 Å². The molecule has 0 bridgehead atoms. The van der Waals surface area contributed by atoms with Gasteiger partial charge in [0, 0.05) is 52.9 Å². The van der Waals surface area contributed by atoms with Gasteiger partial charge in [0.05, 0.1) is 47.5 Å². The van der Waals surface area contributed by atoms with Crippen LogP contribution in [-0.2, 0) is 16.6 Å². The average Bonchev–Trinajstić information content (AvgIpc) is 3.01. The summed E-state index contributed by atoms with van der Waals surface area (Å²) < 4.78 is 23.3. The molecule has 1 radical (unpaired) electrons. The number of rotatable bonds is 5. The molecule has 3 aromatic rings. The first kappa shape index (κ1) is 19.9. The molecule has 2 heterocycles. The van der Waals surface area contributed by atoms with E-state index in [1.54, 1.807) is 20.4 Å². The number of nitrogens with one attached hydrogen (secondary N) is 1. The van der Waals surface area contributed by atoms with Crippen molar-refractivity contribution in [2.75, 3.05) is 14.2 Å². The van der Waals surface area contributed by atoms with Gasteiger partial charge in [0.25, 0.3) is 0 Å². The molecule has 0 saturated carbocycles. The number of aromatic amines is 1. The van der Waals surface area contributed by atoms with E-state index >= 15 is 0 Å². The van der Waals surface area contributed by atoms with E-state index in [1.165, 1.54) is 0 Å². The minimum Gasteiger partial charge on any atom is -0.497 e. The number of nitrogens with zero attached hydrogens (tertiary/aromatic N) is 2. The van der Waals surface area contributed by atoms with Crippen molar-refractivity contribution in [1.29, 1.82) is 0 Å². The Morgan fingerprint density at radius 3 is 2.64 bits per heavy atom.